The van der Waals surface area contributed by atoms with Crippen LogP contribution in [0, 0.1) is 12.5 Å². The standard InChI is InChI=1S/C24H28ClN5O4/c1-26-21-12-11-19(13-20(21)25)34-18-9-5-16(6-10-18)27-23(31)22-14-30(29-28-22)17-7-3-15(4-8-17)24(32)33-2/h11-18H,3-10H2,2H3,(H,27,31). The Hall–Kier alpha value is -3.12. The molecule has 10 heteroatoms. The van der Waals surface area contributed by atoms with Gasteiger partial charge < -0.3 is 14.8 Å². The maximum atomic E-state index is 12.7. The minimum absolute atomic E-state index is 0.0454. The lowest BCUT2D eigenvalue weighted by Crippen LogP contribution is -2.39. The number of carbonyl (C=O) groups is 2. The predicted octanol–water partition coefficient (Wildman–Crippen LogP) is 4.51. The van der Waals surface area contributed by atoms with Crippen LogP contribution >= 0.6 is 11.6 Å². The fourth-order valence-corrected chi connectivity index (χ4v) is 4.94. The van der Waals surface area contributed by atoms with Crippen molar-refractivity contribution < 1.29 is 19.1 Å². The van der Waals surface area contributed by atoms with E-state index in [-0.39, 0.29) is 36.0 Å². The van der Waals surface area contributed by atoms with E-state index < -0.39 is 0 Å². The van der Waals surface area contributed by atoms with Gasteiger partial charge in [-0.15, -0.1) is 5.10 Å². The second kappa shape index (κ2) is 10.9. The van der Waals surface area contributed by atoms with E-state index in [0.717, 1.165) is 51.4 Å². The van der Waals surface area contributed by atoms with E-state index in [4.69, 9.17) is 27.6 Å². The molecule has 4 rings (SSSR count). The summed E-state index contributed by atoms with van der Waals surface area (Å²) in [6.07, 6.45) is 8.08. The third-order valence-electron chi connectivity index (χ3n) is 6.70. The highest BCUT2D eigenvalue weighted by Crippen LogP contribution is 2.33. The number of amides is 1. The van der Waals surface area contributed by atoms with Gasteiger partial charge in [0.1, 0.15) is 5.75 Å². The molecule has 180 valence electrons. The quantitative estimate of drug-likeness (QED) is 0.477. The van der Waals surface area contributed by atoms with Crippen LogP contribution in [0.15, 0.2) is 24.4 Å². The zero-order valence-electron chi connectivity index (χ0n) is 19.1. The molecule has 2 saturated carbocycles. The van der Waals surface area contributed by atoms with Crippen molar-refractivity contribution in [2.75, 3.05) is 7.11 Å². The van der Waals surface area contributed by atoms with Crippen LogP contribution in [0.1, 0.15) is 67.9 Å². The molecule has 1 aromatic heterocycles. The van der Waals surface area contributed by atoms with Gasteiger partial charge in [0, 0.05) is 6.04 Å². The second-order valence-electron chi connectivity index (χ2n) is 8.90. The van der Waals surface area contributed by atoms with Crippen molar-refractivity contribution in [3.05, 3.63) is 46.5 Å². The van der Waals surface area contributed by atoms with Crippen molar-refractivity contribution in [1.82, 2.24) is 20.3 Å². The van der Waals surface area contributed by atoms with Crippen LogP contribution in [0.4, 0.5) is 5.69 Å². The maximum Gasteiger partial charge on any atom is 0.308 e. The van der Waals surface area contributed by atoms with Gasteiger partial charge in [0.2, 0.25) is 5.69 Å². The van der Waals surface area contributed by atoms with E-state index in [2.05, 4.69) is 20.5 Å². The summed E-state index contributed by atoms with van der Waals surface area (Å²) >= 11 is 6.09. The summed E-state index contributed by atoms with van der Waals surface area (Å²) in [6, 6.07) is 5.29. The Morgan fingerprint density at radius 1 is 1.15 bits per heavy atom. The van der Waals surface area contributed by atoms with Crippen molar-refractivity contribution in [3.63, 3.8) is 0 Å². The summed E-state index contributed by atoms with van der Waals surface area (Å²) in [5.41, 5.74) is 0.717. The van der Waals surface area contributed by atoms with E-state index >= 15 is 0 Å². The minimum Gasteiger partial charge on any atom is -0.490 e. The molecule has 0 radical (unpaired) electrons. The highest BCUT2D eigenvalue weighted by Gasteiger charge is 2.29. The lowest BCUT2D eigenvalue weighted by molar-refractivity contribution is -0.146. The number of methoxy groups -OCH3 is 1. The molecule has 0 atom stereocenters. The molecular formula is C24H28ClN5O4. The molecule has 2 aliphatic rings. The molecule has 1 heterocycles. The van der Waals surface area contributed by atoms with Gasteiger partial charge in [-0.1, -0.05) is 22.9 Å². The summed E-state index contributed by atoms with van der Waals surface area (Å²) < 4.78 is 12.6. The number of aromatic nitrogens is 3. The van der Waals surface area contributed by atoms with E-state index in [1.165, 1.54) is 7.11 Å². The number of halogens is 1. The second-order valence-corrected chi connectivity index (χ2v) is 9.31. The SMILES string of the molecule is [C-]#[N+]c1ccc(OC2CCC(NC(=O)c3cn(C4CCC(C(=O)OC)CC4)nn3)CC2)cc1Cl. The van der Waals surface area contributed by atoms with Crippen LogP contribution in [0.2, 0.25) is 5.02 Å². The monoisotopic (exact) mass is 485 g/mol. The summed E-state index contributed by atoms with van der Waals surface area (Å²) in [7, 11) is 1.42. The van der Waals surface area contributed by atoms with Gasteiger partial charge in [-0.25, -0.2) is 9.53 Å². The third-order valence-corrected chi connectivity index (χ3v) is 7.00. The van der Waals surface area contributed by atoms with Crippen molar-refractivity contribution in [2.45, 2.75) is 69.6 Å². The normalized spacial score (nSPS) is 24.6. The number of hydrogen-bond donors (Lipinski definition) is 1. The summed E-state index contributed by atoms with van der Waals surface area (Å²) in [6.45, 7) is 7.07. The van der Waals surface area contributed by atoms with Gasteiger partial charge in [-0.05, 0) is 63.5 Å². The number of rotatable bonds is 6. The molecule has 1 N–H and O–H groups in total. The fraction of sp³-hybridized carbons (Fsp3) is 0.542. The molecule has 0 spiro atoms. The molecule has 9 nitrogen and oxygen atoms in total. The molecule has 2 aromatic rings. The summed E-state index contributed by atoms with van der Waals surface area (Å²) in [5, 5.41) is 11.7. The van der Waals surface area contributed by atoms with Gasteiger partial charge in [0.15, 0.2) is 5.69 Å². The average Bonchev–Trinajstić information content (AvgIpc) is 3.36. The van der Waals surface area contributed by atoms with Crippen LogP contribution in [0.5, 0.6) is 5.75 Å². The average molecular weight is 486 g/mol. The topological polar surface area (TPSA) is 99.7 Å². The number of hydrogen-bond acceptors (Lipinski definition) is 6. The number of esters is 1. The fourth-order valence-electron chi connectivity index (χ4n) is 4.73. The van der Waals surface area contributed by atoms with E-state index in [1.54, 1.807) is 29.1 Å². The Bertz CT molecular complexity index is 1070. The first-order valence-corrected chi connectivity index (χ1v) is 12.0. The number of carbonyl (C=O) groups excluding carboxylic acids is 2. The maximum absolute atomic E-state index is 12.7. The predicted molar refractivity (Wildman–Crippen MR) is 125 cm³/mol. The Balaban J connectivity index is 1.23. The van der Waals surface area contributed by atoms with Crippen LogP contribution in [-0.4, -0.2) is 46.1 Å². The van der Waals surface area contributed by atoms with Crippen LogP contribution in [0.25, 0.3) is 4.85 Å². The molecule has 34 heavy (non-hydrogen) atoms. The minimum atomic E-state index is -0.222. The first-order chi connectivity index (χ1) is 16.5. The van der Waals surface area contributed by atoms with E-state index in [1.807, 2.05) is 0 Å². The van der Waals surface area contributed by atoms with Crippen molar-refractivity contribution in [2.24, 2.45) is 5.92 Å². The molecule has 0 saturated heterocycles. The lowest BCUT2D eigenvalue weighted by Gasteiger charge is -2.29. The van der Waals surface area contributed by atoms with Gasteiger partial charge in [-0.3, -0.25) is 9.59 Å². The Morgan fingerprint density at radius 2 is 1.88 bits per heavy atom. The van der Waals surface area contributed by atoms with Crippen molar-refractivity contribution in [3.8, 4) is 5.75 Å². The number of nitrogens with one attached hydrogen (secondary N) is 1. The third kappa shape index (κ3) is 5.68. The molecular weight excluding hydrogens is 458 g/mol. The molecule has 2 aliphatic carbocycles. The van der Waals surface area contributed by atoms with Gasteiger partial charge in [-0.2, -0.15) is 0 Å². The van der Waals surface area contributed by atoms with Crippen molar-refractivity contribution >= 4 is 29.2 Å². The lowest BCUT2D eigenvalue weighted by atomic mass is 9.86. The first-order valence-electron chi connectivity index (χ1n) is 11.6. The Labute approximate surface area is 203 Å². The highest BCUT2D eigenvalue weighted by atomic mass is 35.5. The largest absolute Gasteiger partial charge is 0.490 e. The molecule has 0 unspecified atom stereocenters. The van der Waals surface area contributed by atoms with E-state index in [9.17, 15) is 9.59 Å². The van der Waals surface area contributed by atoms with E-state index in [0.29, 0.717) is 22.2 Å². The number of nitrogens with zero attached hydrogens (tertiary/aromatic N) is 4. The molecule has 2 fully saturated rings. The van der Waals surface area contributed by atoms with Gasteiger partial charge >= 0.3 is 5.97 Å². The highest BCUT2D eigenvalue weighted by molar-refractivity contribution is 6.33. The number of benzene rings is 1. The van der Waals surface area contributed by atoms with Crippen LogP contribution in [-0.2, 0) is 9.53 Å². The van der Waals surface area contributed by atoms with Gasteiger partial charge in [0.05, 0.1) is 43.0 Å². The molecule has 0 aliphatic heterocycles. The first kappa shape index (κ1) is 24.0. The van der Waals surface area contributed by atoms with Crippen LogP contribution in [0.3, 0.4) is 0 Å². The zero-order valence-corrected chi connectivity index (χ0v) is 19.8. The van der Waals surface area contributed by atoms with Crippen LogP contribution < -0.4 is 10.1 Å². The van der Waals surface area contributed by atoms with Gasteiger partial charge in [0.25, 0.3) is 5.91 Å². The molecule has 1 amide bonds. The Kier molecular flexibility index (Phi) is 7.68. The van der Waals surface area contributed by atoms with Crippen molar-refractivity contribution in [1.29, 1.82) is 0 Å². The molecule has 1 aromatic carbocycles. The summed E-state index contributed by atoms with van der Waals surface area (Å²) in [4.78, 5) is 27.8. The zero-order chi connectivity index (χ0) is 24.1. The number of ether oxygens (including phenoxy) is 2. The summed E-state index contributed by atoms with van der Waals surface area (Å²) in [5.74, 6) is 0.225. The Morgan fingerprint density at radius 3 is 2.53 bits per heavy atom. The molecule has 0 bridgehead atoms. The smallest absolute Gasteiger partial charge is 0.308 e.